The maximum Gasteiger partial charge on any atom is 0.254 e. The summed E-state index contributed by atoms with van der Waals surface area (Å²) in [7, 11) is -3.47. The van der Waals surface area contributed by atoms with Crippen molar-refractivity contribution < 1.29 is 13.2 Å². The number of carbonyl (C=O) groups is 1. The Kier molecular flexibility index (Phi) is 6.44. The number of benzene rings is 3. The highest BCUT2D eigenvalue weighted by Gasteiger charge is 2.30. The molecular weight excluding hydrogens is 430 g/mol. The van der Waals surface area contributed by atoms with Crippen LogP contribution in [-0.2, 0) is 22.0 Å². The highest BCUT2D eigenvalue weighted by Crippen LogP contribution is 2.27. The Morgan fingerprint density at radius 3 is 2.48 bits per heavy atom. The summed E-state index contributed by atoms with van der Waals surface area (Å²) in [5.74, 6) is -0.199. The number of halogens is 1. The molecule has 160 valence electrons. The van der Waals surface area contributed by atoms with Gasteiger partial charge < -0.3 is 4.90 Å². The largest absolute Gasteiger partial charge is 0.335 e. The third kappa shape index (κ3) is 5.00. The summed E-state index contributed by atoms with van der Waals surface area (Å²) < 4.78 is 25.4. The summed E-state index contributed by atoms with van der Waals surface area (Å²) in [4.78, 5) is 15.4. The molecule has 3 aromatic rings. The maximum atomic E-state index is 13.3. The van der Waals surface area contributed by atoms with E-state index in [1.807, 2.05) is 29.2 Å². The number of nitrogens with zero attached hydrogens (tertiary/aromatic N) is 1. The molecule has 0 aromatic heterocycles. The van der Waals surface area contributed by atoms with E-state index in [0.717, 1.165) is 23.4 Å². The summed E-state index contributed by atoms with van der Waals surface area (Å²) in [5, 5.41) is 0.718. The smallest absolute Gasteiger partial charge is 0.254 e. The Bertz CT molecular complexity index is 1180. The van der Waals surface area contributed by atoms with Crippen molar-refractivity contribution in [2.75, 3.05) is 6.54 Å². The summed E-state index contributed by atoms with van der Waals surface area (Å²) in [5.41, 5.74) is 2.17. The predicted octanol–water partition coefficient (Wildman–Crippen LogP) is 5.16. The lowest BCUT2D eigenvalue weighted by molar-refractivity contribution is 0.0736. The van der Waals surface area contributed by atoms with Crippen molar-refractivity contribution in [2.24, 2.45) is 0 Å². The van der Waals surface area contributed by atoms with Gasteiger partial charge in [-0.2, -0.15) is 0 Å². The van der Waals surface area contributed by atoms with E-state index in [9.17, 15) is 13.2 Å². The SMILES string of the molecule is O=C(c1cccc(CS(=O)(=O)c2ccccc2)c1)N1CCCC1Cc1ccccc1Cl. The number of rotatable bonds is 6. The van der Waals surface area contributed by atoms with Gasteiger partial charge in [0.05, 0.1) is 10.6 Å². The number of hydrogen-bond donors (Lipinski definition) is 0. The zero-order valence-electron chi connectivity index (χ0n) is 17.1. The molecule has 1 fully saturated rings. The van der Waals surface area contributed by atoms with E-state index in [1.165, 1.54) is 0 Å². The molecule has 31 heavy (non-hydrogen) atoms. The van der Waals surface area contributed by atoms with Crippen molar-refractivity contribution in [2.45, 2.75) is 36.0 Å². The first-order valence-corrected chi connectivity index (χ1v) is 12.4. The van der Waals surface area contributed by atoms with Crippen LogP contribution < -0.4 is 0 Å². The topological polar surface area (TPSA) is 54.5 Å². The fraction of sp³-hybridized carbons (Fsp3) is 0.240. The molecule has 0 spiro atoms. The summed E-state index contributed by atoms with van der Waals surface area (Å²) in [6.45, 7) is 0.695. The highest BCUT2D eigenvalue weighted by molar-refractivity contribution is 7.90. The van der Waals surface area contributed by atoms with E-state index >= 15 is 0 Å². The normalized spacial score (nSPS) is 16.4. The molecule has 4 nitrogen and oxygen atoms in total. The zero-order chi connectivity index (χ0) is 21.8. The lowest BCUT2D eigenvalue weighted by Crippen LogP contribution is -2.36. The second-order valence-corrected chi connectivity index (χ2v) is 10.3. The van der Waals surface area contributed by atoms with Gasteiger partial charge in [-0.25, -0.2) is 8.42 Å². The third-order valence-electron chi connectivity index (χ3n) is 5.68. The van der Waals surface area contributed by atoms with Crippen LogP contribution in [-0.4, -0.2) is 31.8 Å². The molecule has 1 aliphatic heterocycles. The van der Waals surface area contributed by atoms with E-state index in [4.69, 9.17) is 11.6 Å². The number of carbonyl (C=O) groups excluding carboxylic acids is 1. The van der Waals surface area contributed by atoms with Gasteiger partial charge in [0.1, 0.15) is 0 Å². The molecule has 1 atom stereocenters. The number of likely N-dealkylation sites (tertiary alicyclic amines) is 1. The van der Waals surface area contributed by atoms with E-state index in [-0.39, 0.29) is 22.6 Å². The van der Waals surface area contributed by atoms with Gasteiger partial charge in [0.15, 0.2) is 9.84 Å². The van der Waals surface area contributed by atoms with Crippen LogP contribution in [0.1, 0.15) is 34.3 Å². The molecular formula is C25H24ClNO3S. The molecule has 1 saturated heterocycles. The Morgan fingerprint density at radius 2 is 1.71 bits per heavy atom. The van der Waals surface area contributed by atoms with Crippen LogP contribution in [0.3, 0.4) is 0 Å². The minimum absolute atomic E-state index is 0.0616. The second kappa shape index (κ2) is 9.25. The molecule has 0 aliphatic carbocycles. The van der Waals surface area contributed by atoms with Gasteiger partial charge in [-0.1, -0.05) is 60.1 Å². The first kappa shape index (κ1) is 21.6. The fourth-order valence-electron chi connectivity index (χ4n) is 4.12. The minimum Gasteiger partial charge on any atom is -0.335 e. The average Bonchev–Trinajstić information content (AvgIpc) is 3.23. The van der Waals surface area contributed by atoms with Crippen molar-refractivity contribution in [3.05, 3.63) is 101 Å². The van der Waals surface area contributed by atoms with Gasteiger partial charge >= 0.3 is 0 Å². The summed E-state index contributed by atoms with van der Waals surface area (Å²) >= 11 is 6.32. The molecule has 3 aromatic carbocycles. The average molecular weight is 454 g/mol. The van der Waals surface area contributed by atoms with Crippen molar-refractivity contribution >= 4 is 27.3 Å². The predicted molar refractivity (Wildman–Crippen MR) is 123 cm³/mol. The summed E-state index contributed by atoms with van der Waals surface area (Å²) in [6.07, 6.45) is 2.59. The second-order valence-electron chi connectivity index (χ2n) is 7.86. The van der Waals surface area contributed by atoms with Crippen LogP contribution in [0.5, 0.6) is 0 Å². The van der Waals surface area contributed by atoms with Crippen molar-refractivity contribution in [3.63, 3.8) is 0 Å². The number of hydrogen-bond acceptors (Lipinski definition) is 3. The molecule has 1 amide bonds. The Balaban J connectivity index is 1.52. The van der Waals surface area contributed by atoms with Gasteiger partial charge in [-0.15, -0.1) is 0 Å². The minimum atomic E-state index is -3.47. The van der Waals surface area contributed by atoms with Gasteiger partial charge in [0.2, 0.25) is 0 Å². The summed E-state index contributed by atoms with van der Waals surface area (Å²) in [6, 6.07) is 23.2. The van der Waals surface area contributed by atoms with Crippen molar-refractivity contribution in [3.8, 4) is 0 Å². The lowest BCUT2D eigenvalue weighted by atomic mass is 10.0. The number of amides is 1. The monoisotopic (exact) mass is 453 g/mol. The molecule has 1 aliphatic rings. The van der Waals surface area contributed by atoms with Crippen LogP contribution >= 0.6 is 11.6 Å². The van der Waals surface area contributed by atoms with E-state index < -0.39 is 9.84 Å². The first-order chi connectivity index (χ1) is 14.9. The zero-order valence-corrected chi connectivity index (χ0v) is 18.6. The molecule has 4 rings (SSSR count). The highest BCUT2D eigenvalue weighted by atomic mass is 35.5. The Labute approximate surface area is 188 Å². The maximum absolute atomic E-state index is 13.3. The Hall–Kier alpha value is -2.63. The van der Waals surface area contributed by atoms with Crippen molar-refractivity contribution in [1.82, 2.24) is 4.90 Å². The van der Waals surface area contributed by atoms with E-state index in [0.29, 0.717) is 24.1 Å². The van der Waals surface area contributed by atoms with Crippen molar-refractivity contribution in [1.29, 1.82) is 0 Å². The van der Waals surface area contributed by atoms with Crippen LogP contribution in [0.25, 0.3) is 0 Å². The molecule has 0 radical (unpaired) electrons. The van der Waals surface area contributed by atoms with Gasteiger partial charge in [0, 0.05) is 23.2 Å². The third-order valence-corrected chi connectivity index (χ3v) is 7.76. The molecule has 0 saturated carbocycles. The van der Waals surface area contributed by atoms with Crippen LogP contribution in [0.4, 0.5) is 0 Å². The van der Waals surface area contributed by atoms with E-state index in [1.54, 1.807) is 54.6 Å². The lowest BCUT2D eigenvalue weighted by Gasteiger charge is -2.25. The van der Waals surface area contributed by atoms with Crippen LogP contribution in [0, 0.1) is 0 Å². The van der Waals surface area contributed by atoms with Gasteiger partial charge in [-0.3, -0.25) is 4.79 Å². The molecule has 0 bridgehead atoms. The van der Waals surface area contributed by atoms with Crippen LogP contribution in [0.2, 0.25) is 5.02 Å². The molecule has 1 heterocycles. The van der Waals surface area contributed by atoms with Gasteiger partial charge in [0.25, 0.3) is 5.91 Å². The van der Waals surface area contributed by atoms with Crippen LogP contribution in [0.15, 0.2) is 83.8 Å². The number of sulfone groups is 1. The Morgan fingerprint density at radius 1 is 0.968 bits per heavy atom. The molecule has 1 unspecified atom stereocenters. The van der Waals surface area contributed by atoms with Gasteiger partial charge in [-0.05, 0) is 60.7 Å². The molecule has 0 N–H and O–H groups in total. The van der Waals surface area contributed by atoms with E-state index in [2.05, 4.69) is 0 Å². The fourth-order valence-corrected chi connectivity index (χ4v) is 5.69. The molecule has 6 heteroatoms. The standard InChI is InChI=1S/C25H24ClNO3S/c26-24-14-5-4-9-20(24)17-22-11-7-15-27(22)25(28)21-10-6-8-19(16-21)18-31(29,30)23-12-2-1-3-13-23/h1-6,8-10,12-14,16,22H,7,11,15,17-18H2. The quantitative estimate of drug-likeness (QED) is 0.518. The first-order valence-electron chi connectivity index (χ1n) is 10.4.